The Balaban J connectivity index is 2.18. The summed E-state index contributed by atoms with van der Waals surface area (Å²) in [6.45, 7) is 0.505. The summed E-state index contributed by atoms with van der Waals surface area (Å²) in [5.41, 5.74) is 7.59. The summed E-state index contributed by atoms with van der Waals surface area (Å²) in [4.78, 5) is 4.03. The van der Waals surface area contributed by atoms with Crippen LogP contribution in [0.3, 0.4) is 0 Å². The van der Waals surface area contributed by atoms with E-state index in [0.717, 1.165) is 11.3 Å². The Labute approximate surface area is 99.2 Å². The number of nitrogens with zero attached hydrogens (tertiary/aromatic N) is 2. The predicted octanol–water partition coefficient (Wildman–Crippen LogP) is 0.629. The van der Waals surface area contributed by atoms with Gasteiger partial charge in [0.2, 0.25) is 0 Å². The van der Waals surface area contributed by atoms with E-state index in [-0.39, 0.29) is 12.4 Å². The fourth-order valence-electron chi connectivity index (χ4n) is 1.66. The maximum atomic E-state index is 9.19. The third-order valence-electron chi connectivity index (χ3n) is 2.61. The molecule has 1 heterocycles. The molecular weight excluding hydrogens is 218 g/mol. The largest absolute Gasteiger partial charge is 0.508 e. The zero-order valence-corrected chi connectivity index (χ0v) is 9.32. The quantitative estimate of drug-likeness (QED) is 0.723. The summed E-state index contributed by atoms with van der Waals surface area (Å²) in [6, 6.07) is 6.53. The van der Waals surface area contributed by atoms with Crippen LogP contribution in [0.5, 0.6) is 5.75 Å². The van der Waals surface area contributed by atoms with Gasteiger partial charge in [0.05, 0.1) is 24.7 Å². The van der Waals surface area contributed by atoms with Crippen LogP contribution in [0.25, 0.3) is 0 Å². The summed E-state index contributed by atoms with van der Waals surface area (Å²) in [5.74, 6) is 0.242. The molecule has 5 heteroatoms. The number of rotatable bonds is 4. The molecule has 1 unspecified atom stereocenters. The topological polar surface area (TPSA) is 84.3 Å². The third-order valence-corrected chi connectivity index (χ3v) is 2.61. The van der Waals surface area contributed by atoms with Crippen LogP contribution in [0.1, 0.15) is 17.3 Å². The van der Waals surface area contributed by atoms with Crippen LogP contribution in [0.4, 0.5) is 0 Å². The van der Waals surface area contributed by atoms with E-state index in [0.29, 0.717) is 6.54 Å². The van der Waals surface area contributed by atoms with Crippen molar-refractivity contribution in [3.63, 3.8) is 0 Å². The van der Waals surface area contributed by atoms with Crippen molar-refractivity contribution in [2.45, 2.75) is 12.6 Å². The highest BCUT2D eigenvalue weighted by Crippen LogP contribution is 2.14. The number of aliphatic hydroxyl groups excluding tert-OH is 1. The first kappa shape index (κ1) is 11.6. The van der Waals surface area contributed by atoms with E-state index in [9.17, 15) is 5.11 Å². The van der Waals surface area contributed by atoms with Gasteiger partial charge in [-0.05, 0) is 17.7 Å². The van der Waals surface area contributed by atoms with Crippen LogP contribution in [0.2, 0.25) is 0 Å². The van der Waals surface area contributed by atoms with E-state index in [1.54, 1.807) is 24.7 Å². The zero-order chi connectivity index (χ0) is 12.3. The lowest BCUT2D eigenvalue weighted by Crippen LogP contribution is -2.18. The van der Waals surface area contributed by atoms with Crippen LogP contribution in [-0.4, -0.2) is 26.4 Å². The molecule has 0 radical (unpaired) electrons. The van der Waals surface area contributed by atoms with Crippen LogP contribution >= 0.6 is 0 Å². The Morgan fingerprint density at radius 1 is 1.29 bits per heavy atom. The van der Waals surface area contributed by atoms with Gasteiger partial charge in [-0.15, -0.1) is 0 Å². The van der Waals surface area contributed by atoms with Gasteiger partial charge < -0.3 is 20.5 Å². The smallest absolute Gasteiger partial charge is 0.115 e. The second-order valence-electron chi connectivity index (χ2n) is 3.90. The summed E-state index contributed by atoms with van der Waals surface area (Å²) in [6.07, 6.45) is 3.33. The number of hydrogen-bond donors (Lipinski definition) is 3. The van der Waals surface area contributed by atoms with E-state index in [1.807, 2.05) is 16.7 Å². The molecule has 5 nitrogen and oxygen atoms in total. The first-order valence-corrected chi connectivity index (χ1v) is 5.35. The van der Waals surface area contributed by atoms with Crippen molar-refractivity contribution >= 4 is 0 Å². The number of benzene rings is 1. The Morgan fingerprint density at radius 2 is 2.00 bits per heavy atom. The Morgan fingerprint density at radius 3 is 2.65 bits per heavy atom. The molecule has 1 aromatic heterocycles. The summed E-state index contributed by atoms with van der Waals surface area (Å²) >= 11 is 0. The highest BCUT2D eigenvalue weighted by molar-refractivity contribution is 5.26. The molecule has 0 bridgehead atoms. The van der Waals surface area contributed by atoms with Crippen molar-refractivity contribution in [2.75, 3.05) is 6.61 Å². The fraction of sp³-hybridized carbons (Fsp3) is 0.250. The summed E-state index contributed by atoms with van der Waals surface area (Å²) in [7, 11) is 0. The second-order valence-corrected chi connectivity index (χ2v) is 3.90. The molecule has 17 heavy (non-hydrogen) atoms. The molecular formula is C12H15N3O2. The highest BCUT2D eigenvalue weighted by Gasteiger charge is 2.10. The van der Waals surface area contributed by atoms with Crippen LogP contribution in [0, 0.1) is 0 Å². The van der Waals surface area contributed by atoms with Gasteiger partial charge in [-0.1, -0.05) is 12.1 Å². The number of aliphatic hydroxyl groups is 1. The van der Waals surface area contributed by atoms with E-state index >= 15 is 0 Å². The average molecular weight is 233 g/mol. The van der Waals surface area contributed by atoms with Crippen LogP contribution in [0.15, 0.2) is 36.8 Å². The standard InChI is InChI=1S/C12H15N3O2/c13-11(7-16)12-5-14-8-15(12)6-9-1-3-10(17)4-2-9/h1-5,8,11,16-17H,6-7,13H2. The summed E-state index contributed by atoms with van der Waals surface area (Å²) in [5, 5.41) is 18.2. The lowest BCUT2D eigenvalue weighted by atomic mass is 10.2. The minimum Gasteiger partial charge on any atom is -0.508 e. The van der Waals surface area contributed by atoms with Gasteiger partial charge in [0, 0.05) is 12.7 Å². The average Bonchev–Trinajstić information content (AvgIpc) is 2.79. The lowest BCUT2D eigenvalue weighted by molar-refractivity contribution is 0.263. The SMILES string of the molecule is NC(CO)c1cncn1Cc1ccc(O)cc1. The first-order chi connectivity index (χ1) is 8.20. The first-order valence-electron chi connectivity index (χ1n) is 5.35. The minimum atomic E-state index is -0.422. The molecule has 0 amide bonds. The van der Waals surface area contributed by atoms with Crippen molar-refractivity contribution in [3.8, 4) is 5.75 Å². The molecule has 4 N–H and O–H groups in total. The maximum absolute atomic E-state index is 9.19. The molecule has 0 spiro atoms. The number of aromatic hydroxyl groups is 1. The molecule has 90 valence electrons. The van der Waals surface area contributed by atoms with Crippen molar-refractivity contribution in [1.82, 2.24) is 9.55 Å². The molecule has 0 fully saturated rings. The lowest BCUT2D eigenvalue weighted by Gasteiger charge is -2.12. The number of aromatic nitrogens is 2. The monoisotopic (exact) mass is 233 g/mol. The molecule has 1 aromatic carbocycles. The second kappa shape index (κ2) is 4.99. The van der Waals surface area contributed by atoms with Crippen LogP contribution < -0.4 is 5.73 Å². The molecule has 2 aromatic rings. The van der Waals surface area contributed by atoms with Crippen molar-refractivity contribution < 1.29 is 10.2 Å². The van der Waals surface area contributed by atoms with Gasteiger partial charge in [0.1, 0.15) is 5.75 Å². The number of phenolic OH excluding ortho intramolecular Hbond substituents is 1. The number of nitrogens with two attached hydrogens (primary N) is 1. The Hall–Kier alpha value is -1.85. The molecule has 0 aliphatic carbocycles. The molecule has 1 atom stereocenters. The Bertz CT molecular complexity index is 479. The van der Waals surface area contributed by atoms with Gasteiger partial charge in [-0.2, -0.15) is 0 Å². The zero-order valence-electron chi connectivity index (χ0n) is 9.32. The highest BCUT2D eigenvalue weighted by atomic mass is 16.3. The third kappa shape index (κ3) is 2.64. The predicted molar refractivity (Wildman–Crippen MR) is 63.5 cm³/mol. The van der Waals surface area contributed by atoms with E-state index in [1.165, 1.54) is 0 Å². The van der Waals surface area contributed by atoms with Gasteiger partial charge in [0.25, 0.3) is 0 Å². The van der Waals surface area contributed by atoms with Gasteiger partial charge in [-0.3, -0.25) is 0 Å². The normalized spacial score (nSPS) is 12.6. The van der Waals surface area contributed by atoms with Gasteiger partial charge in [0.15, 0.2) is 0 Å². The van der Waals surface area contributed by atoms with E-state index in [2.05, 4.69) is 4.98 Å². The van der Waals surface area contributed by atoms with E-state index in [4.69, 9.17) is 10.8 Å². The van der Waals surface area contributed by atoms with E-state index < -0.39 is 6.04 Å². The summed E-state index contributed by atoms with van der Waals surface area (Å²) < 4.78 is 1.88. The van der Waals surface area contributed by atoms with Crippen molar-refractivity contribution in [1.29, 1.82) is 0 Å². The number of imidazole rings is 1. The Kier molecular flexibility index (Phi) is 3.41. The maximum Gasteiger partial charge on any atom is 0.115 e. The molecule has 0 aliphatic heterocycles. The van der Waals surface area contributed by atoms with Crippen LogP contribution in [-0.2, 0) is 6.54 Å². The van der Waals surface area contributed by atoms with Gasteiger partial charge in [-0.25, -0.2) is 4.98 Å². The van der Waals surface area contributed by atoms with Crippen molar-refractivity contribution in [2.24, 2.45) is 5.73 Å². The molecule has 0 saturated carbocycles. The molecule has 2 rings (SSSR count). The van der Waals surface area contributed by atoms with Crippen molar-refractivity contribution in [3.05, 3.63) is 48.0 Å². The van der Waals surface area contributed by atoms with Gasteiger partial charge >= 0.3 is 0 Å². The fourth-order valence-corrected chi connectivity index (χ4v) is 1.66. The minimum absolute atomic E-state index is 0.110. The number of phenols is 1. The molecule has 0 saturated heterocycles. The molecule has 0 aliphatic rings. The number of hydrogen-bond acceptors (Lipinski definition) is 4.